The van der Waals surface area contributed by atoms with E-state index in [-0.39, 0.29) is 11.4 Å². The van der Waals surface area contributed by atoms with Crippen LogP contribution in [-0.2, 0) is 0 Å². The molecule has 86 valence electrons. The fourth-order valence-corrected chi connectivity index (χ4v) is 1.52. The number of hydrogen-bond donors (Lipinski definition) is 2. The number of halogens is 1. The van der Waals surface area contributed by atoms with Gasteiger partial charge in [-0.2, -0.15) is 0 Å². The van der Waals surface area contributed by atoms with Gasteiger partial charge in [0, 0.05) is 11.8 Å². The molecule has 0 aliphatic rings. The molecule has 0 unspecified atom stereocenters. The van der Waals surface area contributed by atoms with Crippen LogP contribution in [-0.4, -0.2) is 16.1 Å². The highest BCUT2D eigenvalue weighted by molar-refractivity contribution is 5.89. The summed E-state index contributed by atoms with van der Waals surface area (Å²) in [4.78, 5) is 14.5. The second kappa shape index (κ2) is 4.21. The van der Waals surface area contributed by atoms with Crippen LogP contribution < -0.4 is 5.73 Å². The van der Waals surface area contributed by atoms with Gasteiger partial charge in [-0.25, -0.2) is 14.2 Å². The molecule has 0 fully saturated rings. The van der Waals surface area contributed by atoms with Crippen molar-refractivity contribution in [2.24, 2.45) is 0 Å². The molecule has 1 aromatic heterocycles. The molecular weight excluding hydrogens is 223 g/mol. The number of hydrogen-bond acceptors (Lipinski definition) is 3. The standard InChI is InChI=1S/C12H9FN2O2/c13-10-6-7(3-4-9(10)12(16)17)8-2-1-5-15-11(8)14/h1-6H,(H2,14,15)(H,16,17). The number of anilines is 1. The van der Waals surface area contributed by atoms with Gasteiger partial charge in [-0.15, -0.1) is 0 Å². The van der Waals surface area contributed by atoms with E-state index in [1.54, 1.807) is 12.1 Å². The van der Waals surface area contributed by atoms with E-state index in [1.807, 2.05) is 0 Å². The highest BCUT2D eigenvalue weighted by Crippen LogP contribution is 2.25. The molecule has 2 aromatic rings. The molecule has 17 heavy (non-hydrogen) atoms. The van der Waals surface area contributed by atoms with E-state index in [9.17, 15) is 9.18 Å². The number of aromatic nitrogens is 1. The molecule has 3 N–H and O–H groups in total. The first-order valence-corrected chi connectivity index (χ1v) is 4.83. The molecule has 2 rings (SSSR count). The van der Waals surface area contributed by atoms with Crippen LogP contribution in [0.1, 0.15) is 10.4 Å². The maximum atomic E-state index is 13.5. The van der Waals surface area contributed by atoms with E-state index < -0.39 is 11.8 Å². The summed E-state index contributed by atoms with van der Waals surface area (Å²) in [6, 6.07) is 7.21. The Morgan fingerprint density at radius 2 is 2.12 bits per heavy atom. The average Bonchev–Trinajstić information content (AvgIpc) is 2.29. The first kappa shape index (κ1) is 11.1. The van der Waals surface area contributed by atoms with Crippen molar-refractivity contribution in [2.45, 2.75) is 0 Å². The number of rotatable bonds is 2. The van der Waals surface area contributed by atoms with Crippen LogP contribution in [0.4, 0.5) is 10.2 Å². The van der Waals surface area contributed by atoms with Crippen molar-refractivity contribution in [2.75, 3.05) is 5.73 Å². The van der Waals surface area contributed by atoms with Crippen LogP contribution in [0.5, 0.6) is 0 Å². The number of carbonyl (C=O) groups is 1. The zero-order chi connectivity index (χ0) is 12.4. The SMILES string of the molecule is Nc1ncccc1-c1ccc(C(=O)O)c(F)c1. The zero-order valence-electron chi connectivity index (χ0n) is 8.72. The lowest BCUT2D eigenvalue weighted by atomic mass is 10.0. The van der Waals surface area contributed by atoms with Gasteiger partial charge in [-0.3, -0.25) is 0 Å². The van der Waals surface area contributed by atoms with E-state index in [0.717, 1.165) is 6.07 Å². The van der Waals surface area contributed by atoms with Gasteiger partial charge in [-0.05, 0) is 29.8 Å². The number of nitrogens with two attached hydrogens (primary N) is 1. The largest absolute Gasteiger partial charge is 0.478 e. The summed E-state index contributed by atoms with van der Waals surface area (Å²) in [5.74, 6) is -1.82. The van der Waals surface area contributed by atoms with Crippen molar-refractivity contribution in [3.63, 3.8) is 0 Å². The Bertz CT molecular complexity index is 584. The van der Waals surface area contributed by atoms with Crippen LogP contribution in [0, 0.1) is 5.82 Å². The van der Waals surface area contributed by atoms with Gasteiger partial charge in [-0.1, -0.05) is 6.07 Å². The Morgan fingerprint density at radius 1 is 1.35 bits per heavy atom. The Labute approximate surface area is 96.5 Å². The monoisotopic (exact) mass is 232 g/mol. The lowest BCUT2D eigenvalue weighted by Gasteiger charge is -2.05. The number of carboxylic acid groups (broad SMARTS) is 1. The summed E-state index contributed by atoms with van der Waals surface area (Å²) in [6.45, 7) is 0. The maximum Gasteiger partial charge on any atom is 0.338 e. The smallest absolute Gasteiger partial charge is 0.338 e. The summed E-state index contributed by atoms with van der Waals surface area (Å²) >= 11 is 0. The van der Waals surface area contributed by atoms with Crippen molar-refractivity contribution in [1.29, 1.82) is 0 Å². The van der Waals surface area contributed by atoms with Gasteiger partial charge in [0.25, 0.3) is 0 Å². The van der Waals surface area contributed by atoms with Crippen molar-refractivity contribution >= 4 is 11.8 Å². The minimum absolute atomic E-state index is 0.273. The first-order chi connectivity index (χ1) is 8.09. The highest BCUT2D eigenvalue weighted by Gasteiger charge is 2.12. The molecular formula is C12H9FN2O2. The Morgan fingerprint density at radius 3 is 2.71 bits per heavy atom. The second-order valence-electron chi connectivity index (χ2n) is 3.44. The summed E-state index contributed by atoms with van der Waals surface area (Å²) in [7, 11) is 0. The molecule has 0 aliphatic carbocycles. The number of aromatic carboxylic acids is 1. The molecule has 0 amide bonds. The predicted molar refractivity (Wildman–Crippen MR) is 61.0 cm³/mol. The Balaban J connectivity index is 2.52. The number of pyridine rings is 1. The third-order valence-corrected chi connectivity index (χ3v) is 2.35. The quantitative estimate of drug-likeness (QED) is 0.831. The summed E-state index contributed by atoms with van der Waals surface area (Å²) in [6.07, 6.45) is 1.53. The van der Waals surface area contributed by atoms with E-state index in [4.69, 9.17) is 10.8 Å². The molecule has 5 heteroatoms. The minimum Gasteiger partial charge on any atom is -0.478 e. The fraction of sp³-hybridized carbons (Fsp3) is 0. The number of nitrogen functional groups attached to an aromatic ring is 1. The topological polar surface area (TPSA) is 76.2 Å². The maximum absolute atomic E-state index is 13.5. The van der Waals surface area contributed by atoms with Crippen molar-refractivity contribution < 1.29 is 14.3 Å². The predicted octanol–water partition coefficient (Wildman–Crippen LogP) is 2.17. The molecule has 0 saturated carbocycles. The molecule has 0 bridgehead atoms. The lowest BCUT2D eigenvalue weighted by molar-refractivity contribution is 0.0692. The van der Waals surface area contributed by atoms with Crippen LogP contribution in [0.3, 0.4) is 0 Å². The molecule has 4 nitrogen and oxygen atoms in total. The van der Waals surface area contributed by atoms with Gasteiger partial charge in [0.2, 0.25) is 0 Å². The van der Waals surface area contributed by atoms with Gasteiger partial charge >= 0.3 is 5.97 Å². The summed E-state index contributed by atoms with van der Waals surface area (Å²) in [5, 5.41) is 8.70. The third kappa shape index (κ3) is 2.08. The fourth-order valence-electron chi connectivity index (χ4n) is 1.52. The van der Waals surface area contributed by atoms with Crippen molar-refractivity contribution in [3.05, 3.63) is 47.9 Å². The Kier molecular flexibility index (Phi) is 2.74. The van der Waals surface area contributed by atoms with E-state index in [2.05, 4.69) is 4.98 Å². The number of nitrogens with zero attached hydrogens (tertiary/aromatic N) is 1. The third-order valence-electron chi connectivity index (χ3n) is 2.35. The van der Waals surface area contributed by atoms with Crippen LogP contribution in [0.15, 0.2) is 36.5 Å². The van der Waals surface area contributed by atoms with Crippen LogP contribution in [0.25, 0.3) is 11.1 Å². The molecule has 1 heterocycles. The lowest BCUT2D eigenvalue weighted by Crippen LogP contribution is -2.01. The first-order valence-electron chi connectivity index (χ1n) is 4.83. The molecule has 0 radical (unpaired) electrons. The number of benzene rings is 1. The van der Waals surface area contributed by atoms with Gasteiger partial charge in [0.1, 0.15) is 11.6 Å². The summed E-state index contributed by atoms with van der Waals surface area (Å²) < 4.78 is 13.5. The number of carboxylic acids is 1. The minimum atomic E-state index is -1.30. The molecule has 0 aliphatic heterocycles. The second-order valence-corrected chi connectivity index (χ2v) is 3.44. The van der Waals surface area contributed by atoms with Gasteiger partial charge < -0.3 is 10.8 Å². The summed E-state index contributed by atoms with van der Waals surface area (Å²) in [5.41, 5.74) is 6.36. The molecule has 0 spiro atoms. The average molecular weight is 232 g/mol. The van der Waals surface area contributed by atoms with Crippen LogP contribution in [0.2, 0.25) is 0 Å². The van der Waals surface area contributed by atoms with E-state index >= 15 is 0 Å². The van der Waals surface area contributed by atoms with Crippen molar-refractivity contribution in [1.82, 2.24) is 4.98 Å². The van der Waals surface area contributed by atoms with Crippen LogP contribution >= 0.6 is 0 Å². The molecule has 0 saturated heterocycles. The molecule has 1 aromatic carbocycles. The van der Waals surface area contributed by atoms with E-state index in [0.29, 0.717) is 11.1 Å². The van der Waals surface area contributed by atoms with Gasteiger partial charge in [0.15, 0.2) is 0 Å². The van der Waals surface area contributed by atoms with Gasteiger partial charge in [0.05, 0.1) is 5.56 Å². The van der Waals surface area contributed by atoms with Crippen molar-refractivity contribution in [3.8, 4) is 11.1 Å². The van der Waals surface area contributed by atoms with E-state index in [1.165, 1.54) is 18.3 Å². The normalized spacial score (nSPS) is 10.2. The highest BCUT2D eigenvalue weighted by atomic mass is 19.1. The Hall–Kier alpha value is -2.43. The zero-order valence-corrected chi connectivity index (χ0v) is 8.72. The molecule has 0 atom stereocenters.